The zero-order valence-corrected chi connectivity index (χ0v) is 14.9. The first-order chi connectivity index (χ1) is 11.2. The summed E-state index contributed by atoms with van der Waals surface area (Å²) in [4.78, 5) is 25.1. The van der Waals surface area contributed by atoms with Gasteiger partial charge in [0.05, 0.1) is 13.0 Å². The van der Waals surface area contributed by atoms with Crippen molar-refractivity contribution >= 4 is 11.6 Å². The summed E-state index contributed by atoms with van der Waals surface area (Å²) in [7, 11) is 1.57. The minimum absolute atomic E-state index is 0.0338. The van der Waals surface area contributed by atoms with E-state index >= 15 is 0 Å². The van der Waals surface area contributed by atoms with E-state index in [9.17, 15) is 9.59 Å². The van der Waals surface area contributed by atoms with Crippen LogP contribution in [0.15, 0.2) is 48.5 Å². The molecule has 2 rings (SSSR count). The molecule has 0 saturated heterocycles. The van der Waals surface area contributed by atoms with E-state index in [1.807, 2.05) is 12.1 Å². The molecule has 1 atom stereocenters. The first-order valence-electron chi connectivity index (χ1n) is 8.07. The standard InChI is InChI=1S/C21H24O3/c1-14(20(23)16-8-12-18(24-5)13-9-16)19(22)15-6-10-17(11-7-15)21(2,3)4/h6-14H,1-5H3. The number of methoxy groups -OCH3 is 1. The Balaban J connectivity index is 2.17. The van der Waals surface area contributed by atoms with Gasteiger partial charge in [0.15, 0.2) is 11.6 Å². The van der Waals surface area contributed by atoms with E-state index in [0.29, 0.717) is 16.9 Å². The number of ether oxygens (including phenoxy) is 1. The van der Waals surface area contributed by atoms with Gasteiger partial charge in [-0.3, -0.25) is 9.59 Å². The molecule has 24 heavy (non-hydrogen) atoms. The maximum absolute atomic E-state index is 12.6. The molecule has 0 aromatic heterocycles. The van der Waals surface area contributed by atoms with Gasteiger partial charge < -0.3 is 4.74 Å². The van der Waals surface area contributed by atoms with Gasteiger partial charge in [0.2, 0.25) is 0 Å². The highest BCUT2D eigenvalue weighted by atomic mass is 16.5. The Bertz CT molecular complexity index is 719. The van der Waals surface area contributed by atoms with Gasteiger partial charge in [0, 0.05) is 11.1 Å². The number of carbonyl (C=O) groups excluding carboxylic acids is 2. The van der Waals surface area contributed by atoms with Gasteiger partial charge >= 0.3 is 0 Å². The number of rotatable bonds is 5. The fraction of sp³-hybridized carbons (Fsp3) is 0.333. The predicted molar refractivity (Wildman–Crippen MR) is 96.0 cm³/mol. The van der Waals surface area contributed by atoms with E-state index in [2.05, 4.69) is 20.8 Å². The van der Waals surface area contributed by atoms with Crippen molar-refractivity contribution in [3.05, 3.63) is 65.2 Å². The first kappa shape index (κ1) is 17.9. The molecule has 0 N–H and O–H groups in total. The lowest BCUT2D eigenvalue weighted by Gasteiger charge is -2.19. The number of hydrogen-bond donors (Lipinski definition) is 0. The average molecular weight is 324 g/mol. The fourth-order valence-corrected chi connectivity index (χ4v) is 2.51. The van der Waals surface area contributed by atoms with Crippen LogP contribution in [0, 0.1) is 5.92 Å². The Morgan fingerprint density at radius 3 is 1.62 bits per heavy atom. The molecule has 1 unspecified atom stereocenters. The molecular formula is C21H24O3. The molecule has 126 valence electrons. The van der Waals surface area contributed by atoms with Gasteiger partial charge in [-0.05, 0) is 42.2 Å². The van der Waals surface area contributed by atoms with E-state index < -0.39 is 5.92 Å². The molecule has 3 heteroatoms. The molecule has 0 saturated carbocycles. The summed E-state index contributed by atoms with van der Waals surface area (Å²) >= 11 is 0. The average Bonchev–Trinajstić information content (AvgIpc) is 2.59. The van der Waals surface area contributed by atoms with E-state index in [1.165, 1.54) is 0 Å². The predicted octanol–water partition coefficient (Wildman–Crippen LogP) is 4.69. The summed E-state index contributed by atoms with van der Waals surface area (Å²) in [6.07, 6.45) is 0. The van der Waals surface area contributed by atoms with Crippen molar-refractivity contribution in [2.24, 2.45) is 5.92 Å². The van der Waals surface area contributed by atoms with Crippen molar-refractivity contribution in [3.63, 3.8) is 0 Å². The molecule has 0 bridgehead atoms. The van der Waals surface area contributed by atoms with Gasteiger partial charge in [-0.2, -0.15) is 0 Å². The second kappa shape index (κ2) is 7.00. The highest BCUT2D eigenvalue weighted by Gasteiger charge is 2.24. The van der Waals surface area contributed by atoms with Crippen LogP contribution in [0.3, 0.4) is 0 Å². The third-order valence-corrected chi connectivity index (χ3v) is 4.20. The topological polar surface area (TPSA) is 43.4 Å². The van der Waals surface area contributed by atoms with Crippen LogP contribution in [-0.4, -0.2) is 18.7 Å². The second-order valence-corrected chi connectivity index (χ2v) is 7.01. The molecule has 0 amide bonds. The molecule has 0 fully saturated rings. The maximum atomic E-state index is 12.6. The summed E-state index contributed by atoms with van der Waals surface area (Å²) in [6, 6.07) is 14.4. The van der Waals surface area contributed by atoms with E-state index in [1.54, 1.807) is 50.4 Å². The van der Waals surface area contributed by atoms with Crippen LogP contribution < -0.4 is 4.74 Å². The van der Waals surface area contributed by atoms with Crippen LogP contribution in [0.5, 0.6) is 5.75 Å². The molecule has 2 aromatic carbocycles. The Hall–Kier alpha value is -2.42. The lowest BCUT2D eigenvalue weighted by atomic mass is 9.85. The number of ketones is 2. The molecule has 0 aliphatic carbocycles. The SMILES string of the molecule is COc1ccc(C(=O)C(C)C(=O)c2ccc(C(C)(C)C)cc2)cc1. The van der Waals surface area contributed by atoms with Crippen molar-refractivity contribution in [1.82, 2.24) is 0 Å². The zero-order chi connectivity index (χ0) is 17.9. The molecule has 2 aromatic rings. The quantitative estimate of drug-likeness (QED) is 0.592. The van der Waals surface area contributed by atoms with Crippen LogP contribution in [0.1, 0.15) is 54.0 Å². The van der Waals surface area contributed by atoms with Crippen LogP contribution in [-0.2, 0) is 5.41 Å². The summed E-state index contributed by atoms with van der Waals surface area (Å²) in [5, 5.41) is 0. The Kier molecular flexibility index (Phi) is 5.23. The van der Waals surface area contributed by atoms with Crippen LogP contribution in [0.2, 0.25) is 0 Å². The highest BCUT2D eigenvalue weighted by molar-refractivity contribution is 6.15. The number of hydrogen-bond acceptors (Lipinski definition) is 3. The molecule has 0 aliphatic rings. The zero-order valence-electron chi connectivity index (χ0n) is 14.9. The van der Waals surface area contributed by atoms with Gasteiger partial charge in [0.1, 0.15) is 5.75 Å². The second-order valence-electron chi connectivity index (χ2n) is 7.01. The van der Waals surface area contributed by atoms with Crippen molar-refractivity contribution in [3.8, 4) is 5.75 Å². The Labute approximate surface area is 143 Å². The van der Waals surface area contributed by atoms with Gasteiger partial charge in [0.25, 0.3) is 0 Å². The van der Waals surface area contributed by atoms with Crippen LogP contribution >= 0.6 is 0 Å². The minimum Gasteiger partial charge on any atom is -0.497 e. The maximum Gasteiger partial charge on any atom is 0.173 e. The van der Waals surface area contributed by atoms with E-state index in [4.69, 9.17) is 4.74 Å². The van der Waals surface area contributed by atoms with E-state index in [0.717, 1.165) is 5.56 Å². The third-order valence-electron chi connectivity index (χ3n) is 4.20. The normalized spacial score (nSPS) is 12.5. The Morgan fingerprint density at radius 1 is 0.833 bits per heavy atom. The number of benzene rings is 2. The third kappa shape index (κ3) is 3.91. The number of carbonyl (C=O) groups is 2. The number of Topliss-reactive ketones (excluding diaryl/α,β-unsaturated/α-hetero) is 2. The summed E-state index contributed by atoms with van der Waals surface area (Å²) in [6.45, 7) is 8.03. The summed E-state index contributed by atoms with van der Waals surface area (Å²) < 4.78 is 5.09. The van der Waals surface area contributed by atoms with Gasteiger partial charge in [-0.25, -0.2) is 0 Å². The van der Waals surface area contributed by atoms with Crippen molar-refractivity contribution in [1.29, 1.82) is 0 Å². The Morgan fingerprint density at radius 2 is 1.25 bits per heavy atom. The van der Waals surface area contributed by atoms with Gasteiger partial charge in [-0.15, -0.1) is 0 Å². The summed E-state index contributed by atoms with van der Waals surface area (Å²) in [5.41, 5.74) is 2.28. The minimum atomic E-state index is -0.709. The van der Waals surface area contributed by atoms with Crippen molar-refractivity contribution in [2.75, 3.05) is 7.11 Å². The fourth-order valence-electron chi connectivity index (χ4n) is 2.51. The molecule has 0 spiro atoms. The molecule has 0 radical (unpaired) electrons. The lowest BCUT2D eigenvalue weighted by Crippen LogP contribution is -2.21. The molecule has 0 heterocycles. The highest BCUT2D eigenvalue weighted by Crippen LogP contribution is 2.23. The van der Waals surface area contributed by atoms with Crippen molar-refractivity contribution < 1.29 is 14.3 Å². The monoisotopic (exact) mass is 324 g/mol. The van der Waals surface area contributed by atoms with Gasteiger partial charge in [-0.1, -0.05) is 45.0 Å². The molecule has 3 nitrogen and oxygen atoms in total. The van der Waals surface area contributed by atoms with Crippen LogP contribution in [0.25, 0.3) is 0 Å². The summed E-state index contributed by atoms with van der Waals surface area (Å²) in [5.74, 6) is -0.360. The first-order valence-corrected chi connectivity index (χ1v) is 8.07. The molecular weight excluding hydrogens is 300 g/mol. The largest absolute Gasteiger partial charge is 0.497 e. The smallest absolute Gasteiger partial charge is 0.173 e. The van der Waals surface area contributed by atoms with Crippen LogP contribution in [0.4, 0.5) is 0 Å². The van der Waals surface area contributed by atoms with Crippen molar-refractivity contribution in [2.45, 2.75) is 33.1 Å². The van der Waals surface area contributed by atoms with E-state index in [-0.39, 0.29) is 17.0 Å². The lowest BCUT2D eigenvalue weighted by molar-refractivity contribution is 0.0820. The molecule has 0 aliphatic heterocycles.